The van der Waals surface area contributed by atoms with E-state index in [9.17, 15) is 9.59 Å². The van der Waals surface area contributed by atoms with Crippen LogP contribution in [0.1, 0.15) is 32.6 Å². The molecule has 0 amide bonds. The van der Waals surface area contributed by atoms with Gasteiger partial charge in [-0.3, -0.25) is 0 Å². The first-order valence-electron chi connectivity index (χ1n) is 5.06. The summed E-state index contributed by atoms with van der Waals surface area (Å²) in [6.07, 6.45) is 1.46. The third-order valence-corrected chi connectivity index (χ3v) is 1.67. The molecule has 0 aromatic carbocycles. The van der Waals surface area contributed by atoms with Crippen molar-refractivity contribution in [3.8, 4) is 0 Å². The number of aliphatic hydroxyl groups is 1. The first-order valence-corrected chi connectivity index (χ1v) is 5.06. The molecule has 1 N–H and O–H groups in total. The van der Waals surface area contributed by atoms with Crippen molar-refractivity contribution >= 4 is 11.9 Å². The number of Topliss-reactive ketones (excluding diaryl/α,β-unsaturated/α-hetero) is 1. The highest BCUT2D eigenvalue weighted by molar-refractivity contribution is 5.75. The summed E-state index contributed by atoms with van der Waals surface area (Å²) in [5.74, 6) is 0.0786. The molecule has 0 atom stereocenters. The van der Waals surface area contributed by atoms with Gasteiger partial charge >= 0.3 is 6.16 Å². The van der Waals surface area contributed by atoms with Crippen LogP contribution < -0.4 is 0 Å². The summed E-state index contributed by atoms with van der Waals surface area (Å²) in [6, 6.07) is 0. The van der Waals surface area contributed by atoms with Crippen molar-refractivity contribution in [3.63, 3.8) is 0 Å². The number of rotatable bonds is 8. The Bertz CT molecular complexity index is 190. The minimum absolute atomic E-state index is 0.0786. The largest absolute Gasteiger partial charge is 0.508 e. The van der Waals surface area contributed by atoms with E-state index in [1.54, 1.807) is 0 Å². The molecule has 0 aliphatic carbocycles. The van der Waals surface area contributed by atoms with Crippen LogP contribution in [0.15, 0.2) is 0 Å². The van der Waals surface area contributed by atoms with Crippen LogP contribution in [-0.4, -0.2) is 36.9 Å². The molecule has 0 saturated heterocycles. The molecule has 0 heterocycles. The SMILES string of the molecule is CC(=O)CCCOC(=O)OCCCCO. The van der Waals surface area contributed by atoms with Crippen LogP contribution >= 0.6 is 0 Å². The highest BCUT2D eigenvalue weighted by atomic mass is 16.7. The van der Waals surface area contributed by atoms with Gasteiger partial charge < -0.3 is 19.4 Å². The van der Waals surface area contributed by atoms with E-state index in [0.29, 0.717) is 25.7 Å². The predicted molar refractivity (Wildman–Crippen MR) is 53.5 cm³/mol. The van der Waals surface area contributed by atoms with Crippen LogP contribution in [-0.2, 0) is 14.3 Å². The van der Waals surface area contributed by atoms with Gasteiger partial charge in [0.05, 0.1) is 13.2 Å². The first kappa shape index (κ1) is 13.9. The van der Waals surface area contributed by atoms with Crippen molar-refractivity contribution in [2.45, 2.75) is 32.6 Å². The molecule has 0 saturated carbocycles. The van der Waals surface area contributed by atoms with Crippen LogP contribution in [0.5, 0.6) is 0 Å². The average molecular weight is 218 g/mol. The van der Waals surface area contributed by atoms with Crippen molar-refractivity contribution in [1.29, 1.82) is 0 Å². The van der Waals surface area contributed by atoms with Gasteiger partial charge in [0.15, 0.2) is 0 Å². The van der Waals surface area contributed by atoms with Crippen LogP contribution in [0.25, 0.3) is 0 Å². The molecule has 5 heteroatoms. The maximum absolute atomic E-state index is 10.9. The van der Waals surface area contributed by atoms with Crippen molar-refractivity contribution in [1.82, 2.24) is 0 Å². The molecule has 0 aliphatic heterocycles. The molecule has 0 aromatic rings. The molecule has 0 rings (SSSR count). The second-order valence-corrected chi connectivity index (χ2v) is 3.18. The number of hydrogen-bond acceptors (Lipinski definition) is 5. The third kappa shape index (κ3) is 10.8. The van der Waals surface area contributed by atoms with Crippen LogP contribution in [0.4, 0.5) is 4.79 Å². The van der Waals surface area contributed by atoms with Crippen LogP contribution in [0.3, 0.4) is 0 Å². The van der Waals surface area contributed by atoms with Gasteiger partial charge in [-0.1, -0.05) is 0 Å². The summed E-state index contributed by atoms with van der Waals surface area (Å²) in [5, 5.41) is 8.45. The molecule has 0 bridgehead atoms. The molecular weight excluding hydrogens is 200 g/mol. The summed E-state index contributed by atoms with van der Waals surface area (Å²) >= 11 is 0. The number of ketones is 1. The zero-order chi connectivity index (χ0) is 11.5. The molecule has 15 heavy (non-hydrogen) atoms. The number of aliphatic hydroxyl groups excluding tert-OH is 1. The monoisotopic (exact) mass is 218 g/mol. The number of carbonyl (C=O) groups excluding carboxylic acids is 2. The topological polar surface area (TPSA) is 72.8 Å². The van der Waals surface area contributed by atoms with E-state index < -0.39 is 6.16 Å². The van der Waals surface area contributed by atoms with Gasteiger partial charge in [0, 0.05) is 13.0 Å². The summed E-state index contributed by atoms with van der Waals surface area (Å²) in [7, 11) is 0. The quantitative estimate of drug-likeness (QED) is 0.490. The Morgan fingerprint density at radius 3 is 2.20 bits per heavy atom. The van der Waals surface area contributed by atoms with E-state index in [2.05, 4.69) is 0 Å². The van der Waals surface area contributed by atoms with Gasteiger partial charge in [-0.15, -0.1) is 0 Å². The van der Waals surface area contributed by atoms with E-state index in [0.717, 1.165) is 0 Å². The predicted octanol–water partition coefficient (Wildman–Crippen LogP) is 1.28. The number of unbranched alkanes of at least 4 members (excludes halogenated alkanes) is 1. The normalized spacial score (nSPS) is 9.73. The third-order valence-electron chi connectivity index (χ3n) is 1.67. The number of ether oxygens (including phenoxy) is 2. The lowest BCUT2D eigenvalue weighted by atomic mass is 10.2. The van der Waals surface area contributed by atoms with Crippen molar-refractivity contribution in [2.75, 3.05) is 19.8 Å². The Balaban J connectivity index is 3.22. The zero-order valence-corrected chi connectivity index (χ0v) is 9.03. The van der Waals surface area contributed by atoms with E-state index in [-0.39, 0.29) is 25.6 Å². The Morgan fingerprint density at radius 2 is 1.67 bits per heavy atom. The first-order chi connectivity index (χ1) is 7.16. The molecule has 0 spiro atoms. The van der Waals surface area contributed by atoms with Gasteiger partial charge in [-0.05, 0) is 26.2 Å². The summed E-state index contributed by atoms with van der Waals surface area (Å²) in [6.45, 7) is 2.05. The molecule has 0 fully saturated rings. The van der Waals surface area contributed by atoms with Gasteiger partial charge in [-0.25, -0.2) is 4.79 Å². The highest BCUT2D eigenvalue weighted by Crippen LogP contribution is 1.95. The molecule has 0 aliphatic rings. The summed E-state index contributed by atoms with van der Waals surface area (Å²) in [5.41, 5.74) is 0. The van der Waals surface area contributed by atoms with Crippen LogP contribution in [0.2, 0.25) is 0 Å². The second kappa shape index (κ2) is 9.45. The Hall–Kier alpha value is -1.10. The maximum Gasteiger partial charge on any atom is 0.508 e. The van der Waals surface area contributed by atoms with E-state index in [4.69, 9.17) is 14.6 Å². The fourth-order valence-corrected chi connectivity index (χ4v) is 0.888. The van der Waals surface area contributed by atoms with Crippen molar-refractivity contribution in [3.05, 3.63) is 0 Å². The summed E-state index contributed by atoms with van der Waals surface area (Å²) in [4.78, 5) is 21.4. The molecule has 5 nitrogen and oxygen atoms in total. The zero-order valence-electron chi connectivity index (χ0n) is 9.03. The van der Waals surface area contributed by atoms with Crippen molar-refractivity contribution in [2.24, 2.45) is 0 Å². The molecule has 0 aromatic heterocycles. The summed E-state index contributed by atoms with van der Waals surface area (Å²) < 4.78 is 9.39. The lowest BCUT2D eigenvalue weighted by molar-refractivity contribution is -0.117. The Kier molecular flexibility index (Phi) is 8.76. The van der Waals surface area contributed by atoms with E-state index >= 15 is 0 Å². The molecule has 0 unspecified atom stereocenters. The smallest absolute Gasteiger partial charge is 0.434 e. The lowest BCUT2D eigenvalue weighted by Gasteiger charge is -2.04. The maximum atomic E-state index is 10.9. The van der Waals surface area contributed by atoms with E-state index in [1.807, 2.05) is 0 Å². The van der Waals surface area contributed by atoms with Crippen molar-refractivity contribution < 1.29 is 24.2 Å². The molecular formula is C10H18O5. The van der Waals surface area contributed by atoms with Gasteiger partial charge in [0.1, 0.15) is 5.78 Å². The standard InChI is InChI=1S/C10H18O5/c1-9(12)5-4-8-15-10(13)14-7-3-2-6-11/h11H,2-8H2,1H3. The Morgan fingerprint density at radius 1 is 1.07 bits per heavy atom. The minimum Gasteiger partial charge on any atom is -0.434 e. The molecule has 88 valence electrons. The fraction of sp³-hybridized carbons (Fsp3) is 0.800. The highest BCUT2D eigenvalue weighted by Gasteiger charge is 2.03. The average Bonchev–Trinajstić information content (AvgIpc) is 2.19. The minimum atomic E-state index is -0.712. The van der Waals surface area contributed by atoms with Gasteiger partial charge in [0.25, 0.3) is 0 Å². The van der Waals surface area contributed by atoms with Gasteiger partial charge in [0.2, 0.25) is 0 Å². The number of carbonyl (C=O) groups is 2. The lowest BCUT2D eigenvalue weighted by Crippen LogP contribution is -2.10. The second-order valence-electron chi connectivity index (χ2n) is 3.18. The molecule has 0 radical (unpaired) electrons. The van der Waals surface area contributed by atoms with Crippen LogP contribution in [0, 0.1) is 0 Å². The Labute approximate surface area is 89.4 Å². The van der Waals surface area contributed by atoms with E-state index in [1.165, 1.54) is 6.92 Å². The van der Waals surface area contributed by atoms with Gasteiger partial charge in [-0.2, -0.15) is 0 Å². The fourth-order valence-electron chi connectivity index (χ4n) is 0.888. The number of hydrogen-bond donors (Lipinski definition) is 1.